The fourth-order valence-electron chi connectivity index (χ4n) is 1.72. The average Bonchev–Trinajstić information content (AvgIpc) is 2.66. The molecule has 4 heteroatoms. The van der Waals surface area contributed by atoms with E-state index in [1.54, 1.807) is 18.4 Å². The van der Waals surface area contributed by atoms with Crippen LogP contribution in [0.2, 0.25) is 0 Å². The van der Waals surface area contributed by atoms with Crippen molar-refractivity contribution in [3.8, 4) is 5.06 Å². The Bertz CT molecular complexity index is 300. The maximum absolute atomic E-state index is 5.19. The molecular weight excluding hydrogens is 196 g/mol. The molecule has 0 aromatic carbocycles. The molecule has 1 aliphatic heterocycles. The molecule has 3 nitrogen and oxygen atoms in total. The molecule has 1 atom stereocenters. The molecule has 0 saturated carbocycles. The molecular formula is C10H16N2OS. The van der Waals surface area contributed by atoms with Crippen LogP contribution in [-0.4, -0.2) is 32.8 Å². The molecule has 14 heavy (non-hydrogen) atoms. The second-order valence-corrected chi connectivity index (χ2v) is 4.62. The summed E-state index contributed by atoms with van der Waals surface area (Å²) in [6.07, 6.45) is 0. The van der Waals surface area contributed by atoms with E-state index in [0.29, 0.717) is 6.04 Å². The first-order valence-electron chi connectivity index (χ1n) is 4.92. The monoisotopic (exact) mass is 212 g/mol. The van der Waals surface area contributed by atoms with Gasteiger partial charge in [0.05, 0.1) is 12.1 Å². The van der Waals surface area contributed by atoms with Gasteiger partial charge in [-0.1, -0.05) is 11.3 Å². The Kier molecular flexibility index (Phi) is 2.93. The standard InChI is InChI=1S/C10H16N2OS/c1-8-7-12(6-5-11-8)9-3-4-10(13-2)14-9/h3-4,8,11H,5-7H2,1-2H3. The van der Waals surface area contributed by atoms with E-state index in [4.69, 9.17) is 4.74 Å². The van der Waals surface area contributed by atoms with Gasteiger partial charge in [0, 0.05) is 25.7 Å². The van der Waals surface area contributed by atoms with Crippen LogP contribution in [0.25, 0.3) is 0 Å². The predicted octanol–water partition coefficient (Wildman–Crippen LogP) is 1.55. The molecule has 1 unspecified atom stereocenters. The first-order chi connectivity index (χ1) is 6.79. The van der Waals surface area contributed by atoms with Crippen molar-refractivity contribution in [1.82, 2.24) is 5.32 Å². The van der Waals surface area contributed by atoms with Crippen molar-refractivity contribution in [2.45, 2.75) is 13.0 Å². The number of rotatable bonds is 2. The third kappa shape index (κ3) is 2.01. The Balaban J connectivity index is 2.06. The molecule has 0 spiro atoms. The van der Waals surface area contributed by atoms with Crippen molar-refractivity contribution in [2.75, 3.05) is 31.6 Å². The van der Waals surface area contributed by atoms with Crippen LogP contribution in [0.15, 0.2) is 12.1 Å². The fraction of sp³-hybridized carbons (Fsp3) is 0.600. The van der Waals surface area contributed by atoms with Gasteiger partial charge in [0.25, 0.3) is 0 Å². The quantitative estimate of drug-likeness (QED) is 0.805. The summed E-state index contributed by atoms with van der Waals surface area (Å²) in [5.74, 6) is 0. The highest BCUT2D eigenvalue weighted by Gasteiger charge is 2.17. The number of ether oxygens (including phenoxy) is 1. The smallest absolute Gasteiger partial charge is 0.175 e. The van der Waals surface area contributed by atoms with Gasteiger partial charge in [-0.15, -0.1) is 0 Å². The van der Waals surface area contributed by atoms with Crippen LogP contribution in [0.4, 0.5) is 5.00 Å². The maximum atomic E-state index is 5.19. The average molecular weight is 212 g/mol. The first kappa shape index (κ1) is 9.80. The van der Waals surface area contributed by atoms with Gasteiger partial charge < -0.3 is 15.0 Å². The number of nitrogens with one attached hydrogen (secondary N) is 1. The van der Waals surface area contributed by atoms with Gasteiger partial charge in [0.2, 0.25) is 0 Å². The Morgan fingerprint density at radius 2 is 2.43 bits per heavy atom. The van der Waals surface area contributed by atoms with Crippen LogP contribution in [0.5, 0.6) is 5.06 Å². The molecule has 1 fully saturated rings. The molecule has 0 bridgehead atoms. The lowest BCUT2D eigenvalue weighted by molar-refractivity contribution is 0.427. The van der Waals surface area contributed by atoms with Crippen molar-refractivity contribution >= 4 is 16.3 Å². The Morgan fingerprint density at radius 3 is 3.07 bits per heavy atom. The summed E-state index contributed by atoms with van der Waals surface area (Å²) in [4.78, 5) is 2.41. The highest BCUT2D eigenvalue weighted by atomic mass is 32.1. The van der Waals surface area contributed by atoms with Crippen molar-refractivity contribution in [1.29, 1.82) is 0 Å². The fourth-order valence-corrected chi connectivity index (χ4v) is 2.58. The lowest BCUT2D eigenvalue weighted by Crippen LogP contribution is -2.49. The zero-order chi connectivity index (χ0) is 9.97. The van der Waals surface area contributed by atoms with Gasteiger partial charge in [0.1, 0.15) is 0 Å². The van der Waals surface area contributed by atoms with Crippen LogP contribution in [0.3, 0.4) is 0 Å². The Labute approximate surface area is 88.7 Å². The summed E-state index contributed by atoms with van der Waals surface area (Å²) >= 11 is 1.72. The number of anilines is 1. The second-order valence-electron chi connectivity index (χ2n) is 3.60. The molecule has 0 amide bonds. The number of methoxy groups -OCH3 is 1. The molecule has 1 N–H and O–H groups in total. The number of hydrogen-bond acceptors (Lipinski definition) is 4. The minimum absolute atomic E-state index is 0.580. The summed E-state index contributed by atoms with van der Waals surface area (Å²) in [6, 6.07) is 4.76. The molecule has 78 valence electrons. The van der Waals surface area contributed by atoms with Gasteiger partial charge in [-0.3, -0.25) is 0 Å². The Morgan fingerprint density at radius 1 is 1.57 bits per heavy atom. The number of thiophene rings is 1. The summed E-state index contributed by atoms with van der Waals surface area (Å²) < 4.78 is 5.19. The summed E-state index contributed by atoms with van der Waals surface area (Å²) in [5.41, 5.74) is 0. The van der Waals surface area contributed by atoms with Gasteiger partial charge >= 0.3 is 0 Å². The normalized spacial score (nSPS) is 22.4. The molecule has 1 aromatic rings. The molecule has 1 aromatic heterocycles. The minimum Gasteiger partial charge on any atom is -0.487 e. The molecule has 1 aliphatic rings. The van der Waals surface area contributed by atoms with E-state index in [2.05, 4.69) is 23.2 Å². The number of nitrogens with zero attached hydrogens (tertiary/aromatic N) is 1. The van der Waals surface area contributed by atoms with Crippen molar-refractivity contribution < 1.29 is 4.74 Å². The Hall–Kier alpha value is -0.740. The lowest BCUT2D eigenvalue weighted by atomic mass is 10.2. The van der Waals surface area contributed by atoms with E-state index in [-0.39, 0.29) is 0 Å². The van der Waals surface area contributed by atoms with Gasteiger partial charge in [-0.2, -0.15) is 0 Å². The van der Waals surface area contributed by atoms with Crippen LogP contribution >= 0.6 is 11.3 Å². The van der Waals surface area contributed by atoms with E-state index >= 15 is 0 Å². The van der Waals surface area contributed by atoms with Crippen molar-refractivity contribution in [3.05, 3.63) is 12.1 Å². The van der Waals surface area contributed by atoms with E-state index in [1.807, 2.05) is 6.07 Å². The zero-order valence-electron chi connectivity index (χ0n) is 8.62. The van der Waals surface area contributed by atoms with E-state index < -0.39 is 0 Å². The lowest BCUT2D eigenvalue weighted by Gasteiger charge is -2.32. The molecule has 0 aliphatic carbocycles. The van der Waals surface area contributed by atoms with E-state index in [1.165, 1.54) is 5.00 Å². The van der Waals surface area contributed by atoms with E-state index in [0.717, 1.165) is 24.7 Å². The highest BCUT2D eigenvalue weighted by molar-refractivity contribution is 7.17. The number of piperazine rings is 1. The summed E-state index contributed by atoms with van der Waals surface area (Å²) in [6.45, 7) is 5.47. The van der Waals surface area contributed by atoms with E-state index in [9.17, 15) is 0 Å². The molecule has 0 radical (unpaired) electrons. The van der Waals surface area contributed by atoms with Gasteiger partial charge in [-0.25, -0.2) is 0 Å². The van der Waals surface area contributed by atoms with Gasteiger partial charge in [-0.05, 0) is 19.1 Å². The first-order valence-corrected chi connectivity index (χ1v) is 5.73. The summed E-state index contributed by atoms with van der Waals surface area (Å²) in [7, 11) is 1.72. The predicted molar refractivity (Wildman–Crippen MR) is 60.5 cm³/mol. The largest absolute Gasteiger partial charge is 0.487 e. The SMILES string of the molecule is COc1ccc(N2CCNC(C)C2)s1. The molecule has 1 saturated heterocycles. The molecule has 2 rings (SSSR count). The highest BCUT2D eigenvalue weighted by Crippen LogP contribution is 2.31. The topological polar surface area (TPSA) is 24.5 Å². The third-order valence-electron chi connectivity index (χ3n) is 2.45. The number of hydrogen-bond donors (Lipinski definition) is 1. The molecule has 2 heterocycles. The summed E-state index contributed by atoms with van der Waals surface area (Å²) in [5, 5.41) is 5.74. The second kappa shape index (κ2) is 4.19. The third-order valence-corrected chi connectivity index (χ3v) is 3.56. The van der Waals surface area contributed by atoms with Crippen LogP contribution < -0.4 is 15.0 Å². The van der Waals surface area contributed by atoms with Gasteiger partial charge in [0.15, 0.2) is 5.06 Å². The minimum atomic E-state index is 0.580. The van der Waals surface area contributed by atoms with Crippen LogP contribution in [0, 0.1) is 0 Å². The van der Waals surface area contributed by atoms with Crippen molar-refractivity contribution in [2.24, 2.45) is 0 Å². The van der Waals surface area contributed by atoms with Crippen LogP contribution in [-0.2, 0) is 0 Å². The zero-order valence-corrected chi connectivity index (χ0v) is 9.43. The van der Waals surface area contributed by atoms with Crippen molar-refractivity contribution in [3.63, 3.8) is 0 Å². The van der Waals surface area contributed by atoms with Crippen LogP contribution in [0.1, 0.15) is 6.92 Å². The maximum Gasteiger partial charge on any atom is 0.175 e.